The molecule has 10 heteroatoms. The van der Waals surface area contributed by atoms with Gasteiger partial charge >= 0.3 is 5.97 Å². The van der Waals surface area contributed by atoms with Crippen molar-refractivity contribution in [2.24, 2.45) is 17.8 Å². The lowest BCUT2D eigenvalue weighted by molar-refractivity contribution is -0.162. The van der Waals surface area contributed by atoms with Gasteiger partial charge in [-0.15, -0.1) is 13.2 Å². The largest absolute Gasteiger partial charge is 0.455 e. The third-order valence-electron chi connectivity index (χ3n) is 10.6. The van der Waals surface area contributed by atoms with Gasteiger partial charge in [-0.3, -0.25) is 19.2 Å². The number of rotatable bonds is 15. The number of fused-ring (bicyclic) bond motifs is 1. The summed E-state index contributed by atoms with van der Waals surface area (Å²) in [7, 11) is 0. The average molecular weight is 686 g/mol. The first kappa shape index (κ1) is 37.0. The molecule has 0 aliphatic carbocycles. The molecular weight excluding hydrogens is 634 g/mol. The van der Waals surface area contributed by atoms with E-state index in [1.54, 1.807) is 24.0 Å². The number of hydrogen-bond donors (Lipinski definition) is 2. The molecule has 50 heavy (non-hydrogen) atoms. The molecule has 5 rings (SSSR count). The van der Waals surface area contributed by atoms with Crippen LogP contribution in [0.15, 0.2) is 73.8 Å². The van der Waals surface area contributed by atoms with Gasteiger partial charge in [-0.05, 0) is 68.7 Å². The Kier molecular flexibility index (Phi) is 11.3. The summed E-state index contributed by atoms with van der Waals surface area (Å²) >= 11 is 0. The van der Waals surface area contributed by atoms with Crippen molar-refractivity contribution in [3.63, 3.8) is 0 Å². The lowest BCUT2D eigenvalue weighted by Gasteiger charge is -2.40. The predicted molar refractivity (Wildman–Crippen MR) is 191 cm³/mol. The molecule has 0 aromatic heterocycles. The number of hydrogen-bond acceptors (Lipinski definition) is 7. The molecule has 2 aromatic rings. The number of carbonyl (C=O) groups excluding carboxylic acids is 4. The Bertz CT molecular complexity index is 1610. The van der Waals surface area contributed by atoms with E-state index in [9.17, 15) is 24.3 Å². The van der Waals surface area contributed by atoms with Gasteiger partial charge < -0.3 is 29.7 Å². The number of anilines is 1. The van der Waals surface area contributed by atoms with Crippen molar-refractivity contribution in [1.82, 2.24) is 10.2 Å². The molecule has 1 spiro atoms. The molecule has 2 N–H and O–H groups in total. The molecule has 268 valence electrons. The van der Waals surface area contributed by atoms with Crippen LogP contribution in [0.5, 0.6) is 0 Å². The Hall–Kier alpha value is -4.28. The number of aliphatic hydroxyl groups is 1. The number of likely N-dealkylation sites (tertiary alicyclic amines) is 1. The standard InChI is InChI=1S/C40H51N3O7/c1-8-10-16-32(45)41-27(7)35(28-14-12-11-13-15-28)49-39(48)33-31-19-20-40(50-31)34(33)37(46)43(30(23-44)24(3)4)36(40)38(47)42(21-9-2)29-22-25(5)17-18-26(29)6/h8-9,11-15,17-18,22,24,27,30-31,33-36,44H,1-2,10,16,19-21,23H2,3-7H3,(H,41,45)/t27-,30-,31-,33+,34+,35-,36-,40+/m0/s1. The van der Waals surface area contributed by atoms with Crippen LogP contribution in [-0.4, -0.2) is 76.7 Å². The van der Waals surface area contributed by atoms with Crippen molar-refractivity contribution in [2.45, 2.75) is 96.2 Å². The van der Waals surface area contributed by atoms with E-state index in [1.165, 1.54) is 4.90 Å². The van der Waals surface area contributed by atoms with Gasteiger partial charge in [0.25, 0.3) is 5.91 Å². The molecule has 0 unspecified atom stereocenters. The number of allylic oxidation sites excluding steroid dienone is 1. The number of benzene rings is 2. The Morgan fingerprint density at radius 1 is 1.12 bits per heavy atom. The minimum atomic E-state index is -1.30. The van der Waals surface area contributed by atoms with Crippen LogP contribution in [0.1, 0.15) is 69.2 Å². The number of aliphatic hydroxyl groups excluding tert-OH is 1. The molecular formula is C40H51N3O7. The first-order chi connectivity index (χ1) is 23.9. The number of amides is 3. The maximum absolute atomic E-state index is 15.0. The van der Waals surface area contributed by atoms with Crippen molar-refractivity contribution in [3.05, 3.63) is 90.5 Å². The summed E-state index contributed by atoms with van der Waals surface area (Å²) in [5.74, 6) is -3.73. The molecule has 0 radical (unpaired) electrons. The van der Waals surface area contributed by atoms with Gasteiger partial charge in [0, 0.05) is 18.7 Å². The van der Waals surface area contributed by atoms with Crippen LogP contribution in [0.25, 0.3) is 0 Å². The summed E-state index contributed by atoms with van der Waals surface area (Å²) in [5, 5.41) is 13.6. The summed E-state index contributed by atoms with van der Waals surface area (Å²) < 4.78 is 13.0. The maximum Gasteiger partial charge on any atom is 0.313 e. The van der Waals surface area contributed by atoms with Gasteiger partial charge in [0.2, 0.25) is 11.8 Å². The number of aryl methyl sites for hydroxylation is 2. The fourth-order valence-corrected chi connectivity index (χ4v) is 8.15. The summed E-state index contributed by atoms with van der Waals surface area (Å²) in [5.41, 5.74) is 1.95. The Balaban J connectivity index is 1.53. The number of nitrogens with one attached hydrogen (secondary N) is 1. The summed E-state index contributed by atoms with van der Waals surface area (Å²) in [6.07, 6.45) is 3.46. The predicted octanol–water partition coefficient (Wildman–Crippen LogP) is 4.97. The van der Waals surface area contributed by atoms with E-state index < -0.39 is 59.6 Å². The number of esters is 1. The first-order valence-electron chi connectivity index (χ1n) is 17.7. The van der Waals surface area contributed by atoms with E-state index in [-0.39, 0.29) is 37.3 Å². The smallest absolute Gasteiger partial charge is 0.313 e. The maximum atomic E-state index is 15.0. The molecule has 2 aromatic carbocycles. The normalized spacial score (nSPS) is 25.5. The molecule has 2 bridgehead atoms. The SMILES string of the molecule is C=CCCC(=O)N[C@@H](C)[C@H](OC(=O)[C@@H]1[C@@H]2CC[C@]3(O2)[C@H](C(=O)N(CC=C)c2cc(C)ccc2C)N([C@@H](CO)C(C)C)C(=O)[C@@H]13)c1ccccc1. The highest BCUT2D eigenvalue weighted by atomic mass is 16.6. The highest BCUT2D eigenvalue weighted by Crippen LogP contribution is 2.59. The monoisotopic (exact) mass is 685 g/mol. The third kappa shape index (κ3) is 6.75. The molecule has 3 aliphatic rings. The van der Waals surface area contributed by atoms with E-state index in [0.717, 1.165) is 11.1 Å². The van der Waals surface area contributed by atoms with Gasteiger partial charge in [-0.1, -0.05) is 68.5 Å². The number of carbonyl (C=O) groups is 4. The second-order valence-corrected chi connectivity index (χ2v) is 14.3. The van der Waals surface area contributed by atoms with E-state index in [2.05, 4.69) is 18.5 Å². The average Bonchev–Trinajstić information content (AvgIpc) is 3.74. The van der Waals surface area contributed by atoms with E-state index >= 15 is 0 Å². The highest BCUT2D eigenvalue weighted by molar-refractivity contribution is 6.05. The van der Waals surface area contributed by atoms with Crippen molar-refractivity contribution in [3.8, 4) is 0 Å². The van der Waals surface area contributed by atoms with Gasteiger partial charge in [-0.2, -0.15) is 0 Å². The van der Waals surface area contributed by atoms with Crippen LogP contribution < -0.4 is 10.2 Å². The zero-order valence-electron chi connectivity index (χ0n) is 29.8. The number of ether oxygens (including phenoxy) is 2. The highest BCUT2D eigenvalue weighted by Gasteiger charge is 2.76. The molecule has 3 saturated heterocycles. The third-order valence-corrected chi connectivity index (χ3v) is 10.6. The van der Waals surface area contributed by atoms with Crippen molar-refractivity contribution < 1.29 is 33.8 Å². The van der Waals surface area contributed by atoms with Crippen LogP contribution in [0.2, 0.25) is 0 Å². The minimum absolute atomic E-state index is 0.192. The quantitative estimate of drug-likeness (QED) is 0.200. The Labute approximate surface area is 295 Å². The van der Waals surface area contributed by atoms with Gasteiger partial charge in [0.05, 0.1) is 36.6 Å². The molecule has 3 amide bonds. The molecule has 3 heterocycles. The van der Waals surface area contributed by atoms with Crippen LogP contribution in [0.4, 0.5) is 5.69 Å². The first-order valence-corrected chi connectivity index (χ1v) is 17.7. The second kappa shape index (κ2) is 15.3. The van der Waals surface area contributed by atoms with Crippen molar-refractivity contribution in [2.75, 3.05) is 18.1 Å². The van der Waals surface area contributed by atoms with Gasteiger partial charge in [-0.25, -0.2) is 0 Å². The summed E-state index contributed by atoms with van der Waals surface area (Å²) in [4.78, 5) is 60.0. The molecule has 3 fully saturated rings. The van der Waals surface area contributed by atoms with Crippen molar-refractivity contribution in [1.29, 1.82) is 0 Å². The molecule has 10 nitrogen and oxygen atoms in total. The molecule has 3 aliphatic heterocycles. The van der Waals surface area contributed by atoms with Crippen LogP contribution >= 0.6 is 0 Å². The van der Waals surface area contributed by atoms with Crippen LogP contribution in [-0.2, 0) is 28.7 Å². The van der Waals surface area contributed by atoms with Crippen LogP contribution in [0.3, 0.4) is 0 Å². The van der Waals surface area contributed by atoms with Crippen LogP contribution in [0, 0.1) is 31.6 Å². The van der Waals surface area contributed by atoms with Crippen molar-refractivity contribution >= 4 is 29.4 Å². The topological polar surface area (TPSA) is 125 Å². The second-order valence-electron chi connectivity index (χ2n) is 14.3. The fraction of sp³-hybridized carbons (Fsp3) is 0.500. The minimum Gasteiger partial charge on any atom is -0.455 e. The van der Waals surface area contributed by atoms with Gasteiger partial charge in [0.1, 0.15) is 17.7 Å². The Morgan fingerprint density at radius 2 is 1.84 bits per heavy atom. The van der Waals surface area contributed by atoms with E-state index in [4.69, 9.17) is 9.47 Å². The zero-order chi connectivity index (χ0) is 36.3. The summed E-state index contributed by atoms with van der Waals surface area (Å²) in [6.45, 7) is 16.9. The molecule has 8 atom stereocenters. The summed E-state index contributed by atoms with van der Waals surface area (Å²) in [6, 6.07) is 12.7. The van der Waals surface area contributed by atoms with E-state index in [1.807, 2.05) is 76.2 Å². The lowest BCUT2D eigenvalue weighted by Crippen LogP contribution is -2.60. The number of nitrogens with zero attached hydrogens (tertiary/aromatic N) is 2. The Morgan fingerprint density at radius 3 is 2.48 bits per heavy atom. The van der Waals surface area contributed by atoms with Gasteiger partial charge in [0.15, 0.2) is 0 Å². The zero-order valence-corrected chi connectivity index (χ0v) is 29.8. The molecule has 0 saturated carbocycles. The lowest BCUT2D eigenvalue weighted by atomic mass is 9.70. The van der Waals surface area contributed by atoms with E-state index in [0.29, 0.717) is 30.5 Å². The fourth-order valence-electron chi connectivity index (χ4n) is 8.15.